The van der Waals surface area contributed by atoms with E-state index in [1.807, 2.05) is 18.2 Å². The van der Waals surface area contributed by atoms with Gasteiger partial charge in [-0.2, -0.15) is 0 Å². The molecule has 3 atom stereocenters. The highest BCUT2D eigenvalue weighted by Crippen LogP contribution is 2.42. The summed E-state index contributed by atoms with van der Waals surface area (Å²) in [6.45, 7) is 1.14. The van der Waals surface area contributed by atoms with Crippen LogP contribution < -0.4 is 63.8 Å². The van der Waals surface area contributed by atoms with Crippen LogP contribution in [0.25, 0.3) is 0 Å². The molecular formula is C86H82Cl3F9N6O16. The lowest BCUT2D eigenvalue weighted by Crippen LogP contribution is -2.37. The Labute approximate surface area is 698 Å². The van der Waals surface area contributed by atoms with E-state index in [1.165, 1.54) is 90.6 Å². The van der Waals surface area contributed by atoms with Crippen molar-refractivity contribution in [2.75, 3.05) is 78.2 Å². The lowest BCUT2D eigenvalue weighted by Gasteiger charge is -2.27. The van der Waals surface area contributed by atoms with Crippen molar-refractivity contribution in [1.29, 1.82) is 0 Å². The Bertz CT molecular complexity index is 5090. The van der Waals surface area contributed by atoms with E-state index in [2.05, 4.69) is 30.2 Å². The number of hydrogen-bond donors (Lipinski definition) is 6. The van der Waals surface area contributed by atoms with Crippen LogP contribution in [0.5, 0.6) is 40.2 Å². The molecule has 0 aromatic heterocycles. The van der Waals surface area contributed by atoms with Crippen LogP contribution in [0.2, 0.25) is 15.1 Å². The molecule has 0 spiro atoms. The van der Waals surface area contributed by atoms with Gasteiger partial charge in [0.05, 0.1) is 45.0 Å². The minimum Gasteiger partial charge on any atom is -0.497 e. The monoisotopic (exact) mass is 1730 g/mol. The number of carboxylic acids is 3. The second-order valence-electron chi connectivity index (χ2n) is 27.7. The van der Waals surface area contributed by atoms with Crippen LogP contribution in [-0.2, 0) is 60.9 Å². The van der Waals surface area contributed by atoms with Crippen molar-refractivity contribution in [3.63, 3.8) is 0 Å². The summed E-state index contributed by atoms with van der Waals surface area (Å²) in [6, 6.07) is 45.1. The zero-order valence-electron chi connectivity index (χ0n) is 64.6. The number of amides is 3. The highest BCUT2D eigenvalue weighted by molar-refractivity contribution is 6.31. The minimum atomic E-state index is -4.86. The number of alkyl halides is 9. The van der Waals surface area contributed by atoms with Crippen LogP contribution >= 0.6 is 34.8 Å². The number of benzene rings is 9. The fraction of sp³-hybridized carbons (Fsp3) is 0.302. The van der Waals surface area contributed by atoms with Crippen molar-refractivity contribution in [1.82, 2.24) is 0 Å². The van der Waals surface area contributed by atoms with Gasteiger partial charge in [0, 0.05) is 120 Å². The van der Waals surface area contributed by atoms with Crippen molar-refractivity contribution in [2.24, 2.45) is 0 Å². The van der Waals surface area contributed by atoms with Crippen LogP contribution in [0, 0.1) is 0 Å². The van der Waals surface area contributed by atoms with E-state index < -0.39 is 78.3 Å². The Hall–Kier alpha value is -12.0. The van der Waals surface area contributed by atoms with E-state index in [9.17, 15) is 68.3 Å². The molecule has 3 aliphatic heterocycles. The first-order chi connectivity index (χ1) is 57.1. The van der Waals surface area contributed by atoms with Crippen LogP contribution in [0.1, 0.15) is 114 Å². The van der Waals surface area contributed by atoms with Gasteiger partial charge in [0.2, 0.25) is 0 Å². The number of ether oxygens (including phenoxy) is 7. The van der Waals surface area contributed by atoms with E-state index in [1.54, 1.807) is 109 Å². The maximum atomic E-state index is 14.0. The molecule has 3 heterocycles. The first-order valence-electron chi connectivity index (χ1n) is 37.6. The van der Waals surface area contributed by atoms with Gasteiger partial charge in [-0.3, -0.25) is 28.8 Å². The summed E-state index contributed by atoms with van der Waals surface area (Å²) in [5.74, 6) is -2.99. The van der Waals surface area contributed by atoms with Gasteiger partial charge in [-0.25, -0.2) is 0 Å². The third-order valence-corrected chi connectivity index (χ3v) is 19.9. The number of aliphatic carboxylic acids is 3. The highest BCUT2D eigenvalue weighted by atomic mass is 35.5. The summed E-state index contributed by atoms with van der Waals surface area (Å²) >= 11 is 18.2. The van der Waals surface area contributed by atoms with Crippen LogP contribution in [0.15, 0.2) is 182 Å². The molecule has 9 aromatic carbocycles. The van der Waals surface area contributed by atoms with E-state index in [0.29, 0.717) is 160 Å². The number of hydrogen-bond acceptors (Lipinski definition) is 16. The molecule has 6 N–H and O–H groups in total. The van der Waals surface area contributed by atoms with Gasteiger partial charge < -0.3 is 79.1 Å². The number of rotatable bonds is 33. The zero-order valence-corrected chi connectivity index (χ0v) is 66.9. The molecule has 0 fully saturated rings. The molecule has 636 valence electrons. The first kappa shape index (κ1) is 90.4. The summed E-state index contributed by atoms with van der Waals surface area (Å²) in [4.78, 5) is 78.8. The number of nitrogens with one attached hydrogen (secondary N) is 3. The number of unbranched alkanes of at least 4 members (excludes halogenated alkanes) is 2. The molecule has 0 bridgehead atoms. The van der Waals surface area contributed by atoms with Crippen LogP contribution in [0.3, 0.4) is 0 Å². The normalized spacial score (nSPS) is 13.4. The second-order valence-corrected chi connectivity index (χ2v) is 29.0. The lowest BCUT2D eigenvalue weighted by atomic mass is 10.0. The number of carbonyl (C=O) groups excluding carboxylic acids is 3. The number of methoxy groups -OCH3 is 3. The molecule has 12 rings (SSSR count). The maximum Gasteiger partial charge on any atom is 0.573 e. The number of carbonyl (C=O) groups is 6. The third-order valence-electron chi connectivity index (χ3n) is 19.2. The number of anilines is 6. The topological polar surface area (TPSA) is 274 Å². The largest absolute Gasteiger partial charge is 0.573 e. The maximum absolute atomic E-state index is 14.0. The number of halogens is 12. The SMILES string of the molecule is COc1cc(CCCC(=O)O)cc(NC(C(=O)N2CCc3ccc(OC(F)(F)F)cc32)c2ccc(Cl)cc2)c1.COc1cc(CCCCC(=O)O)cc(NC(C(=O)N2CCc3ccc(OC(F)(F)F)cc32)c2ccc(Cl)cc2)c1.COc1cc(NC(C(=O)N2CCc3ccc(OC(F)(F)F)cc32)c2ccc(Cl)cc2)cc(OCCCCC(=O)O)c1. The summed E-state index contributed by atoms with van der Waals surface area (Å²) in [5.41, 5.74) is 8.38. The van der Waals surface area contributed by atoms with Crippen LogP contribution in [-0.4, -0.2) is 118 Å². The molecule has 0 radical (unpaired) electrons. The Morgan fingerprint density at radius 3 is 0.992 bits per heavy atom. The standard InChI is InChI=1S/C29H28ClF3N2O6.C29H28ClF3N2O5.C28H26ClF3N2O5/c1-39-23-14-21(15-24(16-23)40-13-3-2-4-26(36)37)34-27(19-5-8-20(30)9-6-19)28(38)35-12-11-18-7-10-22(17-25(18)35)41-29(31,32)33;1-39-24-15-18(4-2-3-5-26(36)37)14-22(16-24)34-27(20-6-9-21(30)10-7-20)28(38)35-13-12-19-8-11-23(17-25(19)35)40-29(31,32)33;1-38-23-14-17(3-2-4-25(35)36)13-21(15-23)33-26(19-5-8-20(29)9-6-19)27(37)34-12-11-18-7-10-22(16-24(18)34)39-28(30,31)32/h5-10,14-17,27,34H,2-4,11-13H2,1H3,(H,36,37);6-11,14-17,27,34H,2-5,12-13H2,1H3,(H,36,37);5-10,13-16,26,33H,2-4,11-12H2,1H3,(H,35,36). The van der Waals surface area contributed by atoms with Gasteiger partial charge >= 0.3 is 37.0 Å². The Balaban J connectivity index is 0.000000189. The van der Waals surface area contributed by atoms with Gasteiger partial charge in [0.15, 0.2) is 0 Å². The zero-order chi connectivity index (χ0) is 86.6. The van der Waals surface area contributed by atoms with E-state index in [4.69, 9.17) is 69.1 Å². The first-order valence-corrected chi connectivity index (χ1v) is 38.7. The molecule has 34 heteroatoms. The summed E-state index contributed by atoms with van der Waals surface area (Å²) in [5, 5.41) is 37.9. The molecule has 3 amide bonds. The summed E-state index contributed by atoms with van der Waals surface area (Å²) in [6.07, 6.45) is -9.30. The highest BCUT2D eigenvalue weighted by Gasteiger charge is 2.39. The number of carboxylic acid groups (broad SMARTS) is 3. The molecule has 3 unspecified atom stereocenters. The van der Waals surface area contributed by atoms with Gasteiger partial charge in [-0.05, 0) is 188 Å². The Morgan fingerprint density at radius 1 is 0.367 bits per heavy atom. The van der Waals surface area contributed by atoms with Crippen molar-refractivity contribution in [3.8, 4) is 40.2 Å². The molecule has 120 heavy (non-hydrogen) atoms. The van der Waals surface area contributed by atoms with Gasteiger partial charge in [0.25, 0.3) is 17.7 Å². The lowest BCUT2D eigenvalue weighted by molar-refractivity contribution is -0.275. The molecule has 0 saturated carbocycles. The number of aryl methyl sites for hydroxylation is 2. The minimum absolute atomic E-state index is 0.0142. The van der Waals surface area contributed by atoms with E-state index in [0.717, 1.165) is 27.8 Å². The van der Waals surface area contributed by atoms with E-state index in [-0.39, 0.29) is 50.8 Å². The molecule has 22 nitrogen and oxygen atoms in total. The third kappa shape index (κ3) is 26.5. The van der Waals surface area contributed by atoms with Gasteiger partial charge in [-0.1, -0.05) is 89.4 Å². The molecule has 9 aromatic rings. The molecular weight excluding hydrogens is 1650 g/mol. The van der Waals surface area contributed by atoms with Crippen molar-refractivity contribution < 1.29 is 117 Å². The van der Waals surface area contributed by atoms with Crippen molar-refractivity contribution in [2.45, 2.75) is 121 Å². The van der Waals surface area contributed by atoms with E-state index >= 15 is 0 Å². The number of nitrogens with zero attached hydrogens (tertiary/aromatic N) is 3. The molecule has 0 aliphatic carbocycles. The summed E-state index contributed by atoms with van der Waals surface area (Å²) < 4.78 is 150. The average Bonchev–Trinajstić information content (AvgIpc) is 1.60. The Kier molecular flexibility index (Phi) is 31.0. The van der Waals surface area contributed by atoms with Crippen LogP contribution in [0.4, 0.5) is 73.6 Å². The fourth-order valence-electron chi connectivity index (χ4n) is 13.6. The Morgan fingerprint density at radius 2 is 0.667 bits per heavy atom. The van der Waals surface area contributed by atoms with Crippen molar-refractivity contribution in [3.05, 3.63) is 242 Å². The summed E-state index contributed by atoms with van der Waals surface area (Å²) in [7, 11) is 4.51. The predicted octanol–water partition coefficient (Wildman–Crippen LogP) is 19.8. The quantitative estimate of drug-likeness (QED) is 0.0165. The fourth-order valence-corrected chi connectivity index (χ4v) is 14.0. The smallest absolute Gasteiger partial charge is 0.497 e. The molecule has 0 saturated heterocycles. The average molecular weight is 1730 g/mol. The van der Waals surface area contributed by atoms with Crippen molar-refractivity contribution >= 4 is 105 Å². The van der Waals surface area contributed by atoms with Gasteiger partial charge in [0.1, 0.15) is 58.4 Å². The predicted molar refractivity (Wildman–Crippen MR) is 433 cm³/mol. The molecule has 3 aliphatic rings. The van der Waals surface area contributed by atoms with Gasteiger partial charge in [-0.15, -0.1) is 39.5 Å². The number of fused-ring (bicyclic) bond motifs is 3. The second kappa shape index (κ2) is 41.1.